The van der Waals surface area contributed by atoms with Gasteiger partial charge in [-0.2, -0.15) is 0 Å². The average molecular weight is 436 g/mol. The molecule has 0 amide bonds. The van der Waals surface area contributed by atoms with Gasteiger partial charge < -0.3 is 11.1 Å². The van der Waals surface area contributed by atoms with Crippen molar-refractivity contribution in [2.24, 2.45) is 5.73 Å². The lowest BCUT2D eigenvalue weighted by molar-refractivity contribution is 0.628. The topological polar surface area (TPSA) is 76.7 Å². The SMILES string of the molecule is Cl.N[C@H](CNc1ncc(-c2ccc(F)cc2)c(-c2ccncc2)n1)Cc1ccccc1. The summed E-state index contributed by atoms with van der Waals surface area (Å²) in [7, 11) is 0. The number of aromatic nitrogens is 3. The Labute approximate surface area is 187 Å². The van der Waals surface area contributed by atoms with Crippen molar-refractivity contribution in [3.8, 4) is 22.4 Å². The van der Waals surface area contributed by atoms with Gasteiger partial charge in [-0.25, -0.2) is 14.4 Å². The van der Waals surface area contributed by atoms with Crippen LogP contribution in [0, 0.1) is 5.82 Å². The van der Waals surface area contributed by atoms with Gasteiger partial charge in [0.25, 0.3) is 0 Å². The van der Waals surface area contributed by atoms with Crippen LogP contribution in [0.5, 0.6) is 0 Å². The molecular formula is C24H23ClFN5. The number of rotatable bonds is 7. The summed E-state index contributed by atoms with van der Waals surface area (Å²) < 4.78 is 13.4. The molecule has 2 aromatic heterocycles. The summed E-state index contributed by atoms with van der Waals surface area (Å²) in [4.78, 5) is 13.3. The van der Waals surface area contributed by atoms with Crippen LogP contribution >= 0.6 is 12.4 Å². The van der Waals surface area contributed by atoms with Gasteiger partial charge in [-0.05, 0) is 41.8 Å². The maximum Gasteiger partial charge on any atom is 0.223 e. The molecule has 0 spiro atoms. The van der Waals surface area contributed by atoms with Crippen LogP contribution in [0.4, 0.5) is 10.3 Å². The number of anilines is 1. The molecule has 0 aliphatic heterocycles. The van der Waals surface area contributed by atoms with E-state index in [4.69, 9.17) is 10.7 Å². The van der Waals surface area contributed by atoms with E-state index in [1.165, 1.54) is 17.7 Å². The Hall–Kier alpha value is -3.35. The fraction of sp³-hybridized carbons (Fsp3) is 0.125. The zero-order chi connectivity index (χ0) is 20.8. The van der Waals surface area contributed by atoms with E-state index >= 15 is 0 Å². The Morgan fingerprint density at radius 1 is 0.903 bits per heavy atom. The molecule has 0 bridgehead atoms. The minimum Gasteiger partial charge on any atom is -0.353 e. The van der Waals surface area contributed by atoms with Gasteiger partial charge in [-0.15, -0.1) is 12.4 Å². The van der Waals surface area contributed by atoms with Crippen molar-refractivity contribution in [3.63, 3.8) is 0 Å². The Bertz CT molecular complexity index is 1090. The van der Waals surface area contributed by atoms with E-state index in [-0.39, 0.29) is 24.3 Å². The Morgan fingerprint density at radius 3 is 2.32 bits per heavy atom. The van der Waals surface area contributed by atoms with Crippen molar-refractivity contribution in [2.75, 3.05) is 11.9 Å². The van der Waals surface area contributed by atoms with Crippen LogP contribution in [0.25, 0.3) is 22.4 Å². The quantitative estimate of drug-likeness (QED) is 0.438. The molecule has 0 saturated carbocycles. The highest BCUT2D eigenvalue weighted by atomic mass is 35.5. The van der Waals surface area contributed by atoms with Crippen LogP contribution in [0.15, 0.2) is 85.3 Å². The first kappa shape index (κ1) is 22.3. The fourth-order valence-electron chi connectivity index (χ4n) is 3.25. The Balaban J connectivity index is 0.00000272. The number of hydrogen-bond acceptors (Lipinski definition) is 5. The second kappa shape index (κ2) is 10.6. The van der Waals surface area contributed by atoms with Gasteiger partial charge in [-0.1, -0.05) is 42.5 Å². The van der Waals surface area contributed by atoms with Gasteiger partial charge in [0.1, 0.15) is 5.82 Å². The largest absolute Gasteiger partial charge is 0.353 e. The van der Waals surface area contributed by atoms with Crippen LogP contribution in [-0.4, -0.2) is 27.5 Å². The second-order valence-corrected chi connectivity index (χ2v) is 7.03. The molecule has 31 heavy (non-hydrogen) atoms. The van der Waals surface area contributed by atoms with Crippen molar-refractivity contribution < 1.29 is 4.39 Å². The molecular weight excluding hydrogens is 413 g/mol. The smallest absolute Gasteiger partial charge is 0.223 e. The summed E-state index contributed by atoms with van der Waals surface area (Å²) in [5.41, 5.74) is 10.8. The first-order chi connectivity index (χ1) is 14.7. The predicted octanol–water partition coefficient (Wildman–Crippen LogP) is 4.75. The average Bonchev–Trinajstić information content (AvgIpc) is 2.79. The van der Waals surface area contributed by atoms with E-state index < -0.39 is 0 Å². The molecule has 0 fully saturated rings. The zero-order valence-electron chi connectivity index (χ0n) is 16.8. The normalized spacial score (nSPS) is 11.4. The summed E-state index contributed by atoms with van der Waals surface area (Å²) in [5.74, 6) is 0.215. The third-order valence-corrected chi connectivity index (χ3v) is 4.76. The molecule has 1 atom stereocenters. The molecule has 0 aliphatic rings. The molecule has 7 heteroatoms. The second-order valence-electron chi connectivity index (χ2n) is 7.03. The number of nitrogens with one attached hydrogen (secondary N) is 1. The maximum absolute atomic E-state index is 13.4. The van der Waals surface area contributed by atoms with Crippen molar-refractivity contribution in [2.45, 2.75) is 12.5 Å². The molecule has 2 heterocycles. The lowest BCUT2D eigenvalue weighted by atomic mass is 10.0. The lowest BCUT2D eigenvalue weighted by Gasteiger charge is -2.15. The minimum absolute atomic E-state index is 0. The number of pyridine rings is 1. The van der Waals surface area contributed by atoms with E-state index in [0.717, 1.165) is 28.8 Å². The molecule has 4 rings (SSSR count). The summed E-state index contributed by atoms with van der Waals surface area (Å²) in [5, 5.41) is 3.24. The van der Waals surface area contributed by atoms with Crippen LogP contribution in [0.1, 0.15) is 5.56 Å². The molecule has 0 unspecified atom stereocenters. The van der Waals surface area contributed by atoms with Crippen LogP contribution < -0.4 is 11.1 Å². The first-order valence-electron chi connectivity index (χ1n) is 9.76. The van der Waals surface area contributed by atoms with Gasteiger partial charge in [0.15, 0.2) is 0 Å². The van der Waals surface area contributed by atoms with Crippen molar-refractivity contribution in [3.05, 3.63) is 96.7 Å². The maximum atomic E-state index is 13.4. The molecule has 5 nitrogen and oxygen atoms in total. The lowest BCUT2D eigenvalue weighted by Crippen LogP contribution is -2.31. The molecule has 0 radical (unpaired) electrons. The third kappa shape index (κ3) is 5.84. The monoisotopic (exact) mass is 435 g/mol. The molecule has 3 N–H and O–H groups in total. The summed E-state index contributed by atoms with van der Waals surface area (Å²) in [6.07, 6.45) is 5.95. The van der Waals surface area contributed by atoms with Gasteiger partial charge >= 0.3 is 0 Å². The van der Waals surface area contributed by atoms with Crippen LogP contribution in [0.2, 0.25) is 0 Å². The molecule has 0 saturated heterocycles. The standard InChI is InChI=1S/C24H22FN5.ClH/c25-20-8-6-18(7-9-20)22-16-29-24(30-23(22)19-10-12-27-13-11-19)28-15-21(26)14-17-4-2-1-3-5-17;/h1-13,16,21H,14-15,26H2,(H,28,29,30);1H/t21-;/m0./s1. The van der Waals surface area contributed by atoms with E-state index in [2.05, 4.69) is 27.4 Å². The van der Waals surface area contributed by atoms with Crippen molar-refractivity contribution >= 4 is 18.4 Å². The molecule has 2 aromatic carbocycles. The minimum atomic E-state index is -0.282. The Kier molecular flexibility index (Phi) is 7.65. The first-order valence-corrected chi connectivity index (χ1v) is 9.76. The summed E-state index contributed by atoms with van der Waals surface area (Å²) in [6, 6.07) is 20.2. The highest BCUT2D eigenvalue weighted by Crippen LogP contribution is 2.30. The Morgan fingerprint density at radius 2 is 1.61 bits per heavy atom. The van der Waals surface area contributed by atoms with E-state index in [9.17, 15) is 4.39 Å². The number of nitrogens with two attached hydrogens (primary N) is 1. The van der Waals surface area contributed by atoms with Crippen LogP contribution in [-0.2, 0) is 6.42 Å². The van der Waals surface area contributed by atoms with Gasteiger partial charge in [0.2, 0.25) is 5.95 Å². The third-order valence-electron chi connectivity index (χ3n) is 4.76. The number of halogens is 2. The van der Waals surface area contributed by atoms with Crippen molar-refractivity contribution in [1.29, 1.82) is 0 Å². The van der Waals surface area contributed by atoms with Gasteiger partial charge in [0.05, 0.1) is 5.69 Å². The van der Waals surface area contributed by atoms with Crippen molar-refractivity contribution in [1.82, 2.24) is 15.0 Å². The molecule has 158 valence electrons. The van der Waals surface area contributed by atoms with Gasteiger partial charge in [0, 0.05) is 42.3 Å². The fourth-order valence-corrected chi connectivity index (χ4v) is 3.25. The van der Waals surface area contributed by atoms with E-state index in [0.29, 0.717) is 12.5 Å². The summed E-state index contributed by atoms with van der Waals surface area (Å²) in [6.45, 7) is 0.542. The number of benzene rings is 2. The predicted molar refractivity (Wildman–Crippen MR) is 125 cm³/mol. The molecule has 4 aromatic rings. The van der Waals surface area contributed by atoms with E-state index in [1.54, 1.807) is 30.7 Å². The zero-order valence-corrected chi connectivity index (χ0v) is 17.6. The summed E-state index contributed by atoms with van der Waals surface area (Å²) >= 11 is 0. The highest BCUT2D eigenvalue weighted by molar-refractivity contribution is 5.85. The number of hydrogen-bond donors (Lipinski definition) is 2. The molecule has 0 aliphatic carbocycles. The van der Waals surface area contributed by atoms with Gasteiger partial charge in [-0.3, -0.25) is 4.98 Å². The van der Waals surface area contributed by atoms with Crippen LogP contribution in [0.3, 0.4) is 0 Å². The van der Waals surface area contributed by atoms with E-state index in [1.807, 2.05) is 30.3 Å². The highest BCUT2D eigenvalue weighted by Gasteiger charge is 2.13. The number of nitrogens with zero attached hydrogens (tertiary/aromatic N) is 3.